The SMILES string of the molecule is CCCNC(c1cncnc1)c1ccc2cccnc2c1. The van der Waals surface area contributed by atoms with Crippen molar-refractivity contribution in [3.05, 3.63) is 66.4 Å². The summed E-state index contributed by atoms with van der Waals surface area (Å²) in [5, 5.41) is 4.71. The van der Waals surface area contributed by atoms with Gasteiger partial charge in [0.05, 0.1) is 11.6 Å². The lowest BCUT2D eigenvalue weighted by atomic mass is 9.99. The average molecular weight is 278 g/mol. The molecule has 4 heteroatoms. The number of nitrogens with one attached hydrogen (secondary N) is 1. The van der Waals surface area contributed by atoms with Crippen LogP contribution in [-0.4, -0.2) is 21.5 Å². The minimum Gasteiger partial charge on any atom is -0.306 e. The highest BCUT2D eigenvalue weighted by molar-refractivity contribution is 5.79. The maximum atomic E-state index is 4.44. The summed E-state index contributed by atoms with van der Waals surface area (Å²) >= 11 is 0. The van der Waals surface area contributed by atoms with Gasteiger partial charge in [-0.3, -0.25) is 4.98 Å². The summed E-state index contributed by atoms with van der Waals surface area (Å²) in [7, 11) is 0. The van der Waals surface area contributed by atoms with Crippen LogP contribution in [-0.2, 0) is 0 Å². The molecule has 0 spiro atoms. The van der Waals surface area contributed by atoms with Crippen LogP contribution >= 0.6 is 0 Å². The van der Waals surface area contributed by atoms with Crippen molar-refractivity contribution in [1.82, 2.24) is 20.3 Å². The first-order valence-electron chi connectivity index (χ1n) is 7.21. The molecule has 0 amide bonds. The van der Waals surface area contributed by atoms with Gasteiger partial charge in [-0.05, 0) is 30.7 Å². The molecule has 1 atom stereocenters. The third-order valence-electron chi connectivity index (χ3n) is 3.48. The van der Waals surface area contributed by atoms with Crippen LogP contribution in [0.3, 0.4) is 0 Å². The summed E-state index contributed by atoms with van der Waals surface area (Å²) < 4.78 is 0. The van der Waals surface area contributed by atoms with Crippen molar-refractivity contribution in [2.45, 2.75) is 19.4 Å². The summed E-state index contributed by atoms with van der Waals surface area (Å²) in [6, 6.07) is 10.5. The largest absolute Gasteiger partial charge is 0.306 e. The first-order chi connectivity index (χ1) is 10.4. The summed E-state index contributed by atoms with van der Waals surface area (Å²) in [4.78, 5) is 12.7. The van der Waals surface area contributed by atoms with E-state index in [-0.39, 0.29) is 6.04 Å². The van der Waals surface area contributed by atoms with E-state index < -0.39 is 0 Å². The number of aromatic nitrogens is 3. The second-order valence-electron chi connectivity index (χ2n) is 5.01. The summed E-state index contributed by atoms with van der Waals surface area (Å²) in [5.74, 6) is 0. The zero-order valence-corrected chi connectivity index (χ0v) is 12.0. The molecule has 2 heterocycles. The summed E-state index contributed by atoms with van der Waals surface area (Å²) in [6.07, 6.45) is 8.19. The standard InChI is InChI=1S/C17H18N4/c1-2-7-21-17(15-10-18-12-19-11-15)14-6-5-13-4-3-8-20-16(13)9-14/h3-6,8-12,17,21H,2,7H2,1H3. The van der Waals surface area contributed by atoms with E-state index in [9.17, 15) is 0 Å². The van der Waals surface area contributed by atoms with Gasteiger partial charge in [-0.15, -0.1) is 0 Å². The Morgan fingerprint density at radius 3 is 2.76 bits per heavy atom. The molecule has 0 saturated heterocycles. The molecule has 3 aromatic rings. The molecule has 1 unspecified atom stereocenters. The van der Waals surface area contributed by atoms with Crippen molar-refractivity contribution in [3.8, 4) is 0 Å². The first-order valence-corrected chi connectivity index (χ1v) is 7.21. The fraction of sp³-hybridized carbons (Fsp3) is 0.235. The van der Waals surface area contributed by atoms with Gasteiger partial charge in [0.25, 0.3) is 0 Å². The molecule has 0 fully saturated rings. The van der Waals surface area contributed by atoms with E-state index in [1.54, 1.807) is 6.33 Å². The fourth-order valence-corrected chi connectivity index (χ4v) is 2.44. The van der Waals surface area contributed by atoms with Crippen molar-refractivity contribution < 1.29 is 0 Å². The van der Waals surface area contributed by atoms with Crippen LogP contribution in [0.15, 0.2) is 55.2 Å². The van der Waals surface area contributed by atoms with Crippen LogP contribution in [0.1, 0.15) is 30.5 Å². The van der Waals surface area contributed by atoms with Gasteiger partial charge in [-0.25, -0.2) is 9.97 Å². The highest BCUT2D eigenvalue weighted by Crippen LogP contribution is 2.24. The maximum Gasteiger partial charge on any atom is 0.115 e. The smallest absolute Gasteiger partial charge is 0.115 e. The fourth-order valence-electron chi connectivity index (χ4n) is 2.44. The first kappa shape index (κ1) is 13.6. The lowest BCUT2D eigenvalue weighted by Crippen LogP contribution is -2.23. The number of pyridine rings is 1. The molecule has 0 aliphatic rings. The van der Waals surface area contributed by atoms with E-state index in [0.717, 1.165) is 29.4 Å². The topological polar surface area (TPSA) is 50.7 Å². The van der Waals surface area contributed by atoms with Gasteiger partial charge in [-0.2, -0.15) is 0 Å². The van der Waals surface area contributed by atoms with E-state index in [1.165, 1.54) is 5.56 Å². The molecule has 1 N–H and O–H groups in total. The van der Waals surface area contributed by atoms with E-state index in [2.05, 4.69) is 51.5 Å². The Labute approximate surface area is 124 Å². The van der Waals surface area contributed by atoms with Crippen molar-refractivity contribution >= 4 is 10.9 Å². The Morgan fingerprint density at radius 2 is 1.95 bits per heavy atom. The third kappa shape index (κ3) is 3.06. The maximum absolute atomic E-state index is 4.44. The zero-order chi connectivity index (χ0) is 14.5. The van der Waals surface area contributed by atoms with Crippen LogP contribution in [0, 0.1) is 0 Å². The zero-order valence-electron chi connectivity index (χ0n) is 12.0. The summed E-state index contributed by atoms with van der Waals surface area (Å²) in [6.45, 7) is 3.10. The van der Waals surface area contributed by atoms with Gasteiger partial charge >= 0.3 is 0 Å². The Bertz CT molecular complexity index is 712. The Kier molecular flexibility index (Phi) is 4.17. The van der Waals surface area contributed by atoms with Gasteiger partial charge in [0.1, 0.15) is 6.33 Å². The van der Waals surface area contributed by atoms with Crippen LogP contribution in [0.25, 0.3) is 10.9 Å². The van der Waals surface area contributed by atoms with Crippen LogP contribution in [0.5, 0.6) is 0 Å². The lowest BCUT2D eigenvalue weighted by Gasteiger charge is -2.19. The van der Waals surface area contributed by atoms with Gasteiger partial charge < -0.3 is 5.32 Å². The molecular formula is C17H18N4. The predicted molar refractivity (Wildman–Crippen MR) is 83.9 cm³/mol. The number of hydrogen-bond acceptors (Lipinski definition) is 4. The Hall–Kier alpha value is -2.33. The van der Waals surface area contributed by atoms with Crippen LogP contribution in [0.2, 0.25) is 0 Å². The number of rotatable bonds is 5. The highest BCUT2D eigenvalue weighted by Gasteiger charge is 2.14. The quantitative estimate of drug-likeness (QED) is 0.779. The lowest BCUT2D eigenvalue weighted by molar-refractivity contribution is 0.595. The van der Waals surface area contributed by atoms with E-state index in [1.807, 2.05) is 24.7 Å². The monoisotopic (exact) mass is 278 g/mol. The average Bonchev–Trinajstić information content (AvgIpc) is 2.56. The van der Waals surface area contributed by atoms with Gasteiger partial charge in [0.2, 0.25) is 0 Å². The van der Waals surface area contributed by atoms with E-state index >= 15 is 0 Å². The number of benzene rings is 1. The highest BCUT2D eigenvalue weighted by atomic mass is 14.9. The van der Waals surface area contributed by atoms with Gasteiger partial charge in [-0.1, -0.05) is 25.1 Å². The Morgan fingerprint density at radius 1 is 1.10 bits per heavy atom. The number of fused-ring (bicyclic) bond motifs is 1. The molecule has 0 radical (unpaired) electrons. The molecule has 1 aromatic carbocycles. The molecule has 0 aliphatic heterocycles. The molecule has 0 aliphatic carbocycles. The molecule has 0 bridgehead atoms. The molecule has 0 saturated carbocycles. The Balaban J connectivity index is 2.01. The minimum atomic E-state index is 0.0950. The molecule has 4 nitrogen and oxygen atoms in total. The minimum absolute atomic E-state index is 0.0950. The molecular weight excluding hydrogens is 260 g/mol. The third-order valence-corrected chi connectivity index (χ3v) is 3.48. The molecule has 2 aromatic heterocycles. The van der Waals surface area contributed by atoms with Crippen LogP contribution < -0.4 is 5.32 Å². The molecule has 3 rings (SSSR count). The second-order valence-corrected chi connectivity index (χ2v) is 5.01. The number of hydrogen-bond donors (Lipinski definition) is 1. The van der Waals surface area contributed by atoms with Crippen molar-refractivity contribution in [2.75, 3.05) is 6.54 Å². The normalized spacial score (nSPS) is 12.4. The molecule has 106 valence electrons. The van der Waals surface area contributed by atoms with E-state index in [4.69, 9.17) is 0 Å². The second kappa shape index (κ2) is 6.41. The van der Waals surface area contributed by atoms with Crippen molar-refractivity contribution in [3.63, 3.8) is 0 Å². The predicted octanol–water partition coefficient (Wildman–Crippen LogP) is 3.11. The molecule has 21 heavy (non-hydrogen) atoms. The van der Waals surface area contributed by atoms with Crippen molar-refractivity contribution in [1.29, 1.82) is 0 Å². The van der Waals surface area contributed by atoms with Crippen molar-refractivity contribution in [2.24, 2.45) is 0 Å². The van der Waals surface area contributed by atoms with Gasteiger partial charge in [0.15, 0.2) is 0 Å². The van der Waals surface area contributed by atoms with E-state index in [0.29, 0.717) is 0 Å². The van der Waals surface area contributed by atoms with Gasteiger partial charge in [0, 0.05) is 29.5 Å². The van der Waals surface area contributed by atoms with Crippen LogP contribution in [0.4, 0.5) is 0 Å². The number of nitrogens with zero attached hydrogens (tertiary/aromatic N) is 3. The summed E-state index contributed by atoms with van der Waals surface area (Å²) in [5.41, 5.74) is 3.26.